The Labute approximate surface area is 98.1 Å². The number of hydrogen-bond donors (Lipinski definition) is 0. The van der Waals surface area contributed by atoms with Gasteiger partial charge >= 0.3 is 0 Å². The van der Waals surface area contributed by atoms with E-state index in [1.807, 2.05) is 0 Å². The van der Waals surface area contributed by atoms with Crippen molar-refractivity contribution < 1.29 is 0 Å². The minimum absolute atomic E-state index is 0. The number of nitrogens with zero attached hydrogens (tertiary/aromatic N) is 1. The Morgan fingerprint density at radius 3 is 2.43 bits per heavy atom. The van der Waals surface area contributed by atoms with Crippen molar-refractivity contribution in [1.82, 2.24) is 4.81 Å². The first-order valence-corrected chi connectivity index (χ1v) is 6.61. The molecule has 0 aromatic rings. The highest BCUT2D eigenvalue weighted by Crippen LogP contribution is 2.35. The molecule has 14 heavy (non-hydrogen) atoms. The molecule has 0 spiro atoms. The molecule has 2 aliphatic heterocycles. The Morgan fingerprint density at radius 1 is 1.29 bits per heavy atom. The van der Waals surface area contributed by atoms with Crippen molar-refractivity contribution in [2.24, 2.45) is 11.8 Å². The van der Waals surface area contributed by atoms with Crippen molar-refractivity contribution in [3.05, 3.63) is 0 Å². The zero-order valence-electron chi connectivity index (χ0n) is 9.21. The molecule has 4 heteroatoms. The summed E-state index contributed by atoms with van der Waals surface area (Å²) in [5.41, 5.74) is 0. The van der Waals surface area contributed by atoms with Crippen LogP contribution in [0.5, 0.6) is 0 Å². The molecule has 0 aliphatic carbocycles. The third-order valence-corrected chi connectivity index (χ3v) is 4.24. The first kappa shape index (κ1) is 12.9. The van der Waals surface area contributed by atoms with E-state index < -0.39 is 0 Å². The molecule has 2 aliphatic rings. The van der Waals surface area contributed by atoms with Gasteiger partial charge in [-0.15, -0.1) is 9.24 Å². The molecule has 2 rings (SSSR count). The van der Waals surface area contributed by atoms with Crippen molar-refractivity contribution in [1.29, 1.82) is 0 Å². The minimum atomic E-state index is 0. The van der Waals surface area contributed by atoms with Gasteiger partial charge in [0.15, 0.2) is 0 Å². The van der Waals surface area contributed by atoms with Gasteiger partial charge in [0, 0.05) is 0 Å². The largest absolute Gasteiger partial charge is 0.341 e. The van der Waals surface area contributed by atoms with Gasteiger partial charge in [-0.2, -0.15) is 13.5 Å². The number of hydrogen-bond acceptors (Lipinski definition) is 1. The zero-order chi connectivity index (χ0) is 9.26. The molecule has 3 unspecified atom stereocenters. The highest BCUT2D eigenvalue weighted by atomic mass is 32.1. The van der Waals surface area contributed by atoms with E-state index in [2.05, 4.69) is 21.0 Å². The molecule has 0 aromatic heterocycles. The van der Waals surface area contributed by atoms with Crippen LogP contribution in [-0.4, -0.2) is 30.9 Å². The maximum absolute atomic E-state index is 2.94. The van der Waals surface area contributed by atoms with Gasteiger partial charge in [0.1, 0.15) is 0 Å². The smallest absolute Gasteiger partial charge is 0.221 e. The molecule has 0 bridgehead atoms. The summed E-state index contributed by atoms with van der Waals surface area (Å²) in [6, 6.07) is 0. The van der Waals surface area contributed by atoms with Gasteiger partial charge in [-0.25, -0.2) is 0 Å². The summed E-state index contributed by atoms with van der Waals surface area (Å²) in [5.74, 6) is 1.98. The van der Waals surface area contributed by atoms with Crippen molar-refractivity contribution in [3.63, 3.8) is 0 Å². The molecule has 1 nitrogen and oxygen atoms in total. The quantitative estimate of drug-likeness (QED) is 0.530. The maximum atomic E-state index is 2.94. The highest BCUT2D eigenvalue weighted by molar-refractivity contribution is 7.59. The molecule has 0 aromatic carbocycles. The molecule has 3 atom stereocenters. The van der Waals surface area contributed by atoms with Gasteiger partial charge in [0.05, 0.1) is 0 Å². The van der Waals surface area contributed by atoms with E-state index >= 15 is 0 Å². The molecule has 82 valence electrons. The molecule has 0 radical (unpaired) electrons. The van der Waals surface area contributed by atoms with E-state index in [-0.39, 0.29) is 13.5 Å². The fourth-order valence-electron chi connectivity index (χ4n) is 2.68. The molecular formula is C10H23BNPS. The van der Waals surface area contributed by atoms with Crippen LogP contribution in [0.1, 0.15) is 19.8 Å². The molecule has 0 saturated carbocycles. The van der Waals surface area contributed by atoms with Crippen LogP contribution in [0.2, 0.25) is 12.6 Å². The Hall–Kier alpha value is 0.805. The summed E-state index contributed by atoms with van der Waals surface area (Å²) in [4.78, 5) is 2.75. The van der Waals surface area contributed by atoms with Gasteiger partial charge < -0.3 is 4.81 Å². The Kier molecular flexibility index (Phi) is 5.31. The lowest BCUT2D eigenvalue weighted by Gasteiger charge is -2.14. The second-order valence-electron chi connectivity index (χ2n) is 4.73. The Morgan fingerprint density at radius 2 is 1.93 bits per heavy atom. The summed E-state index contributed by atoms with van der Waals surface area (Å²) >= 11 is 0. The van der Waals surface area contributed by atoms with Crippen LogP contribution in [0.3, 0.4) is 0 Å². The lowest BCUT2D eigenvalue weighted by Crippen LogP contribution is -2.26. The van der Waals surface area contributed by atoms with Crippen LogP contribution >= 0.6 is 22.7 Å². The van der Waals surface area contributed by atoms with E-state index in [4.69, 9.17) is 0 Å². The predicted molar refractivity (Wildman–Crippen MR) is 73.8 cm³/mol. The molecule has 0 amide bonds. The fraction of sp³-hybridized carbons (Fsp3) is 1.00. The second-order valence-corrected chi connectivity index (χ2v) is 5.20. The van der Waals surface area contributed by atoms with E-state index in [1.165, 1.54) is 44.7 Å². The normalized spacial score (nSPS) is 31.7. The van der Waals surface area contributed by atoms with Crippen LogP contribution in [0.25, 0.3) is 0 Å². The van der Waals surface area contributed by atoms with Crippen molar-refractivity contribution in [3.8, 4) is 0 Å². The fourth-order valence-corrected chi connectivity index (χ4v) is 3.21. The average molecular weight is 231 g/mol. The topological polar surface area (TPSA) is 3.24 Å². The van der Waals surface area contributed by atoms with Crippen LogP contribution in [0.4, 0.5) is 0 Å². The van der Waals surface area contributed by atoms with Crippen LogP contribution in [0, 0.1) is 11.8 Å². The molecule has 2 fully saturated rings. The molecule has 2 saturated heterocycles. The van der Waals surface area contributed by atoms with Crippen LogP contribution in [-0.2, 0) is 0 Å². The van der Waals surface area contributed by atoms with Gasteiger partial charge in [0.2, 0.25) is 6.85 Å². The Bertz CT molecular complexity index is 178. The zero-order valence-corrected chi connectivity index (χ0v) is 11.4. The Balaban J connectivity index is 0.000000980. The van der Waals surface area contributed by atoms with Crippen LogP contribution in [0.15, 0.2) is 0 Å². The van der Waals surface area contributed by atoms with Crippen LogP contribution < -0.4 is 0 Å². The van der Waals surface area contributed by atoms with E-state index in [1.54, 1.807) is 0 Å². The lowest BCUT2D eigenvalue weighted by molar-refractivity contribution is 0.420. The predicted octanol–water partition coefficient (Wildman–Crippen LogP) is 2.33. The van der Waals surface area contributed by atoms with Crippen molar-refractivity contribution in [2.75, 3.05) is 19.3 Å². The first-order chi connectivity index (χ1) is 6.35. The summed E-state index contributed by atoms with van der Waals surface area (Å²) in [6.45, 7) is 6.09. The first-order valence-electron chi connectivity index (χ1n) is 5.79. The monoisotopic (exact) mass is 231 g/mol. The summed E-state index contributed by atoms with van der Waals surface area (Å²) in [5, 5.41) is 0. The van der Waals surface area contributed by atoms with Crippen molar-refractivity contribution >= 4 is 29.6 Å². The van der Waals surface area contributed by atoms with Gasteiger partial charge in [-0.05, 0) is 37.5 Å². The SMILES string of the molecule is CCCC1CN(B2CC2)CC1CP.S. The summed E-state index contributed by atoms with van der Waals surface area (Å²) in [7, 11) is 2.94. The van der Waals surface area contributed by atoms with Gasteiger partial charge in [-0.1, -0.05) is 26.0 Å². The molecule has 2 heterocycles. The second kappa shape index (κ2) is 5.77. The van der Waals surface area contributed by atoms with Crippen molar-refractivity contribution in [2.45, 2.75) is 32.4 Å². The third-order valence-electron chi connectivity index (χ3n) is 3.63. The van der Waals surface area contributed by atoms with E-state index in [0.717, 1.165) is 18.7 Å². The minimum Gasteiger partial charge on any atom is -0.341 e. The number of rotatable bonds is 4. The average Bonchev–Trinajstić information content (AvgIpc) is 2.90. The van der Waals surface area contributed by atoms with E-state index in [9.17, 15) is 0 Å². The standard InChI is InChI=1S/C10H21BNP.H2S/c1-2-3-9-6-12(11-4-5-11)7-10(9)8-13;/h9-10H,2-8,13H2,1H3;1H2. The lowest BCUT2D eigenvalue weighted by atomic mass is 9.85. The molecule has 0 N–H and O–H groups in total. The molecular weight excluding hydrogens is 208 g/mol. The summed E-state index contributed by atoms with van der Waals surface area (Å²) in [6.07, 6.45) is 7.07. The highest BCUT2D eigenvalue weighted by Gasteiger charge is 2.41. The maximum Gasteiger partial charge on any atom is 0.221 e. The third kappa shape index (κ3) is 2.90. The van der Waals surface area contributed by atoms with Gasteiger partial charge in [-0.3, -0.25) is 0 Å². The van der Waals surface area contributed by atoms with E-state index in [0.29, 0.717) is 0 Å². The van der Waals surface area contributed by atoms with Gasteiger partial charge in [0.25, 0.3) is 0 Å². The summed E-state index contributed by atoms with van der Waals surface area (Å²) < 4.78 is 0.